The van der Waals surface area contributed by atoms with E-state index in [2.05, 4.69) is 40.0 Å². The van der Waals surface area contributed by atoms with Crippen LogP contribution in [0.1, 0.15) is 27.1 Å². The molecule has 0 aliphatic rings. The van der Waals surface area contributed by atoms with Gasteiger partial charge in [-0.05, 0) is 53.0 Å². The molecule has 0 radical (unpaired) electrons. The summed E-state index contributed by atoms with van der Waals surface area (Å²) in [4.78, 5) is 5.57. The lowest BCUT2D eigenvalue weighted by Gasteiger charge is -2.06. The Hall–Kier alpha value is -0.380. The Bertz CT molecular complexity index is 487. The zero-order valence-electron chi connectivity index (χ0n) is 9.71. The van der Waals surface area contributed by atoms with E-state index in [4.69, 9.17) is 11.6 Å². The Labute approximate surface area is 119 Å². The third kappa shape index (κ3) is 3.30. The Kier molecular flexibility index (Phi) is 4.23. The molecule has 0 bridgehead atoms. The highest BCUT2D eigenvalue weighted by atomic mass is 79.9. The molecule has 2 rings (SSSR count). The second kappa shape index (κ2) is 5.51. The van der Waals surface area contributed by atoms with Gasteiger partial charge in [0, 0.05) is 23.2 Å². The topological polar surface area (TPSA) is 12.9 Å². The molecule has 1 unspecified atom stereocenters. The fourth-order valence-corrected chi connectivity index (χ4v) is 3.44. The Morgan fingerprint density at radius 1 is 1.41 bits per heavy atom. The van der Waals surface area contributed by atoms with Crippen molar-refractivity contribution in [1.82, 2.24) is 4.98 Å². The van der Waals surface area contributed by atoms with Gasteiger partial charge in [0.25, 0.3) is 0 Å². The molecule has 2 aromatic rings. The molecule has 0 aliphatic heterocycles. The maximum atomic E-state index is 6.42. The lowest BCUT2D eigenvalue weighted by atomic mass is 10.1. The smallest absolute Gasteiger partial charge is 0.0734 e. The number of aryl methyl sites for hydroxylation is 2. The highest BCUT2D eigenvalue weighted by Crippen LogP contribution is 2.35. The fraction of sp³-hybridized carbons (Fsp3) is 0.308. The average molecular weight is 331 g/mol. The number of hydrogen-bond acceptors (Lipinski definition) is 2. The number of thiophene rings is 1. The van der Waals surface area contributed by atoms with Gasteiger partial charge in [-0.15, -0.1) is 22.9 Å². The first kappa shape index (κ1) is 13.1. The second-order valence-corrected chi connectivity index (χ2v) is 7.03. The summed E-state index contributed by atoms with van der Waals surface area (Å²) in [6.07, 6.45) is 2.66. The highest BCUT2D eigenvalue weighted by Gasteiger charge is 2.13. The van der Waals surface area contributed by atoms with Crippen molar-refractivity contribution in [2.45, 2.75) is 25.6 Å². The number of alkyl halides is 1. The van der Waals surface area contributed by atoms with Crippen LogP contribution >= 0.6 is 38.9 Å². The number of pyridine rings is 1. The van der Waals surface area contributed by atoms with Gasteiger partial charge in [-0.3, -0.25) is 4.98 Å². The van der Waals surface area contributed by atoms with E-state index >= 15 is 0 Å². The average Bonchev–Trinajstić information content (AvgIpc) is 2.63. The fourth-order valence-electron chi connectivity index (χ4n) is 1.54. The summed E-state index contributed by atoms with van der Waals surface area (Å²) in [5, 5.41) is 0.000191. The molecule has 0 saturated carbocycles. The van der Waals surface area contributed by atoms with Crippen LogP contribution in [-0.2, 0) is 6.42 Å². The number of nitrogens with zero attached hydrogens (tertiary/aromatic N) is 1. The van der Waals surface area contributed by atoms with Crippen molar-refractivity contribution in [1.29, 1.82) is 0 Å². The molecule has 1 atom stereocenters. The van der Waals surface area contributed by atoms with Crippen LogP contribution in [0.2, 0.25) is 0 Å². The standard InChI is InChI=1S/C13H13BrClNS/c1-8-3-4-10(16-7-8)6-11(15)12-5-9(2)13(14)17-12/h3-5,7,11H,6H2,1-2H3. The minimum Gasteiger partial charge on any atom is -0.261 e. The van der Waals surface area contributed by atoms with Crippen molar-refractivity contribution in [2.24, 2.45) is 0 Å². The first-order valence-electron chi connectivity index (χ1n) is 5.37. The van der Waals surface area contributed by atoms with E-state index in [-0.39, 0.29) is 5.38 Å². The highest BCUT2D eigenvalue weighted by molar-refractivity contribution is 9.11. The van der Waals surface area contributed by atoms with Crippen LogP contribution < -0.4 is 0 Å². The van der Waals surface area contributed by atoms with E-state index in [1.165, 1.54) is 16.0 Å². The van der Waals surface area contributed by atoms with Crippen LogP contribution in [0.3, 0.4) is 0 Å². The predicted octanol–water partition coefficient (Wildman–Crippen LogP) is 5.05. The van der Waals surface area contributed by atoms with Crippen molar-refractivity contribution in [3.63, 3.8) is 0 Å². The number of aromatic nitrogens is 1. The summed E-state index contributed by atoms with van der Waals surface area (Å²) in [5.41, 5.74) is 3.46. The molecule has 0 spiro atoms. The molecule has 0 N–H and O–H groups in total. The Balaban J connectivity index is 2.11. The molecule has 17 heavy (non-hydrogen) atoms. The molecule has 0 aromatic carbocycles. The van der Waals surface area contributed by atoms with Crippen LogP contribution in [-0.4, -0.2) is 4.98 Å². The molecule has 90 valence electrons. The summed E-state index contributed by atoms with van der Waals surface area (Å²) in [7, 11) is 0. The summed E-state index contributed by atoms with van der Waals surface area (Å²) < 4.78 is 1.16. The lowest BCUT2D eigenvalue weighted by molar-refractivity contribution is 0.893. The monoisotopic (exact) mass is 329 g/mol. The first-order valence-corrected chi connectivity index (χ1v) is 7.42. The SMILES string of the molecule is Cc1ccc(CC(Cl)c2cc(C)c(Br)s2)nc1. The summed E-state index contributed by atoms with van der Waals surface area (Å²) in [6.45, 7) is 4.12. The maximum absolute atomic E-state index is 6.42. The first-order chi connectivity index (χ1) is 8.06. The zero-order valence-corrected chi connectivity index (χ0v) is 12.9. The van der Waals surface area contributed by atoms with E-state index in [1.807, 2.05) is 19.2 Å². The van der Waals surface area contributed by atoms with Crippen molar-refractivity contribution < 1.29 is 0 Å². The zero-order chi connectivity index (χ0) is 12.4. The predicted molar refractivity (Wildman–Crippen MR) is 78.0 cm³/mol. The molecule has 0 saturated heterocycles. The molecule has 2 aromatic heterocycles. The van der Waals surface area contributed by atoms with Gasteiger partial charge in [0.2, 0.25) is 0 Å². The molecule has 0 amide bonds. The van der Waals surface area contributed by atoms with Crippen molar-refractivity contribution in [2.75, 3.05) is 0 Å². The Morgan fingerprint density at radius 3 is 2.71 bits per heavy atom. The quantitative estimate of drug-likeness (QED) is 0.718. The molecular weight excluding hydrogens is 318 g/mol. The van der Waals surface area contributed by atoms with Gasteiger partial charge in [0.15, 0.2) is 0 Å². The van der Waals surface area contributed by atoms with Gasteiger partial charge < -0.3 is 0 Å². The summed E-state index contributed by atoms with van der Waals surface area (Å²) in [6, 6.07) is 6.25. The number of hydrogen-bond donors (Lipinski definition) is 0. The Morgan fingerprint density at radius 2 is 2.18 bits per heavy atom. The number of rotatable bonds is 3. The van der Waals surface area contributed by atoms with E-state index in [1.54, 1.807) is 11.3 Å². The largest absolute Gasteiger partial charge is 0.261 e. The minimum atomic E-state index is 0.000191. The molecule has 0 fully saturated rings. The van der Waals surface area contributed by atoms with E-state index in [0.717, 1.165) is 15.9 Å². The van der Waals surface area contributed by atoms with Crippen LogP contribution in [0.5, 0.6) is 0 Å². The van der Waals surface area contributed by atoms with Gasteiger partial charge in [0.05, 0.1) is 9.16 Å². The van der Waals surface area contributed by atoms with Crippen LogP contribution in [0.4, 0.5) is 0 Å². The molecule has 2 heterocycles. The van der Waals surface area contributed by atoms with Crippen LogP contribution in [0.15, 0.2) is 28.2 Å². The molecular formula is C13H13BrClNS. The van der Waals surface area contributed by atoms with Gasteiger partial charge in [0.1, 0.15) is 0 Å². The van der Waals surface area contributed by atoms with Gasteiger partial charge in [-0.1, -0.05) is 6.07 Å². The van der Waals surface area contributed by atoms with Crippen LogP contribution in [0.25, 0.3) is 0 Å². The normalized spacial score (nSPS) is 12.7. The van der Waals surface area contributed by atoms with E-state index in [9.17, 15) is 0 Å². The van der Waals surface area contributed by atoms with Crippen molar-refractivity contribution in [3.05, 3.63) is 49.9 Å². The third-order valence-corrected chi connectivity index (χ3v) is 5.32. The number of halogens is 2. The van der Waals surface area contributed by atoms with Gasteiger partial charge >= 0.3 is 0 Å². The molecule has 0 aliphatic carbocycles. The summed E-state index contributed by atoms with van der Waals surface area (Å²) in [5.74, 6) is 0. The molecule has 4 heteroatoms. The van der Waals surface area contributed by atoms with Crippen molar-refractivity contribution in [3.8, 4) is 0 Å². The van der Waals surface area contributed by atoms with E-state index in [0.29, 0.717) is 0 Å². The van der Waals surface area contributed by atoms with Gasteiger partial charge in [-0.25, -0.2) is 0 Å². The second-order valence-electron chi connectivity index (χ2n) is 4.10. The summed E-state index contributed by atoms with van der Waals surface area (Å²) >= 11 is 11.6. The van der Waals surface area contributed by atoms with Crippen molar-refractivity contribution >= 4 is 38.9 Å². The van der Waals surface area contributed by atoms with Gasteiger partial charge in [-0.2, -0.15) is 0 Å². The minimum absolute atomic E-state index is 0.000191. The van der Waals surface area contributed by atoms with Crippen LogP contribution in [0, 0.1) is 13.8 Å². The third-order valence-electron chi connectivity index (χ3n) is 2.55. The van der Waals surface area contributed by atoms with E-state index < -0.39 is 0 Å². The molecule has 1 nitrogen and oxygen atoms in total. The lowest BCUT2D eigenvalue weighted by Crippen LogP contribution is -1.96. The maximum Gasteiger partial charge on any atom is 0.0734 e.